The number of methoxy groups -OCH3 is 1. The molecule has 0 heterocycles. The van der Waals surface area contributed by atoms with E-state index in [9.17, 15) is 4.39 Å². The van der Waals surface area contributed by atoms with E-state index in [2.05, 4.69) is 24.1 Å². The molecule has 0 saturated carbocycles. The van der Waals surface area contributed by atoms with Crippen molar-refractivity contribution >= 4 is 5.69 Å². The van der Waals surface area contributed by atoms with Crippen molar-refractivity contribution in [2.24, 2.45) is 0 Å². The fourth-order valence-corrected chi connectivity index (χ4v) is 1.67. The molecule has 0 aliphatic rings. The zero-order valence-electron chi connectivity index (χ0n) is 10.8. The molecule has 1 N–H and O–H groups in total. The van der Waals surface area contributed by atoms with Gasteiger partial charge in [-0.05, 0) is 25.2 Å². The summed E-state index contributed by atoms with van der Waals surface area (Å²) in [5.74, 6) is -0.0559. The van der Waals surface area contributed by atoms with Crippen LogP contribution < -0.4 is 10.1 Å². The molecule has 0 fully saturated rings. The van der Waals surface area contributed by atoms with Crippen LogP contribution in [0.2, 0.25) is 0 Å². The van der Waals surface area contributed by atoms with Crippen molar-refractivity contribution in [3.63, 3.8) is 0 Å². The van der Waals surface area contributed by atoms with Gasteiger partial charge >= 0.3 is 0 Å². The smallest absolute Gasteiger partial charge is 0.165 e. The lowest BCUT2D eigenvalue weighted by Gasteiger charge is -2.18. The van der Waals surface area contributed by atoms with E-state index in [0.29, 0.717) is 0 Å². The van der Waals surface area contributed by atoms with Crippen molar-refractivity contribution in [2.75, 3.05) is 38.6 Å². The molecule has 0 bridgehead atoms. The second-order valence-corrected chi connectivity index (χ2v) is 3.80. The van der Waals surface area contributed by atoms with Crippen molar-refractivity contribution in [1.29, 1.82) is 0 Å². The van der Waals surface area contributed by atoms with Crippen LogP contribution in [0.5, 0.6) is 5.75 Å². The third-order valence-electron chi connectivity index (χ3n) is 2.80. The van der Waals surface area contributed by atoms with E-state index in [-0.39, 0.29) is 11.6 Å². The molecule has 0 atom stereocenters. The maximum atomic E-state index is 13.2. The van der Waals surface area contributed by atoms with Crippen molar-refractivity contribution in [1.82, 2.24) is 4.90 Å². The van der Waals surface area contributed by atoms with Gasteiger partial charge in [-0.15, -0.1) is 0 Å². The Morgan fingerprint density at radius 2 is 2.00 bits per heavy atom. The first kappa shape index (κ1) is 13.8. The molecule has 0 aromatic heterocycles. The molecule has 4 heteroatoms. The summed E-state index contributed by atoms with van der Waals surface area (Å²) in [5.41, 5.74) is 0.885. The van der Waals surface area contributed by atoms with Crippen LogP contribution >= 0.6 is 0 Å². The maximum Gasteiger partial charge on any atom is 0.165 e. The van der Waals surface area contributed by atoms with E-state index in [1.807, 2.05) is 0 Å². The van der Waals surface area contributed by atoms with Crippen LogP contribution in [0.25, 0.3) is 0 Å². The summed E-state index contributed by atoms with van der Waals surface area (Å²) in [6, 6.07) is 4.82. The number of nitrogens with zero attached hydrogens (tertiary/aromatic N) is 1. The molecule has 96 valence electrons. The highest BCUT2D eigenvalue weighted by Gasteiger charge is 2.03. The molecular weight excluding hydrogens is 219 g/mol. The number of ether oxygens (including phenoxy) is 1. The standard InChI is InChI=1S/C13H21FN2O/c1-4-16(5-2)9-8-15-11-6-7-12(14)13(10-11)17-3/h6-7,10,15H,4-5,8-9H2,1-3H3. The summed E-state index contributed by atoms with van der Waals surface area (Å²) in [6.07, 6.45) is 0. The van der Waals surface area contributed by atoms with Gasteiger partial charge in [-0.2, -0.15) is 0 Å². The first-order chi connectivity index (χ1) is 8.21. The van der Waals surface area contributed by atoms with Gasteiger partial charge in [0, 0.05) is 24.8 Å². The zero-order valence-corrected chi connectivity index (χ0v) is 10.8. The summed E-state index contributed by atoms with van der Waals surface area (Å²) in [4.78, 5) is 2.33. The van der Waals surface area contributed by atoms with Crippen LogP contribution in [0.15, 0.2) is 18.2 Å². The summed E-state index contributed by atoms with van der Waals surface area (Å²) in [6.45, 7) is 8.20. The van der Waals surface area contributed by atoms with Gasteiger partial charge in [-0.3, -0.25) is 0 Å². The SMILES string of the molecule is CCN(CC)CCNc1ccc(F)c(OC)c1. The normalized spacial score (nSPS) is 10.6. The molecule has 0 aliphatic carbocycles. The summed E-state index contributed by atoms with van der Waals surface area (Å²) >= 11 is 0. The van der Waals surface area contributed by atoms with Gasteiger partial charge in [0.25, 0.3) is 0 Å². The Morgan fingerprint density at radius 3 is 2.59 bits per heavy atom. The van der Waals surface area contributed by atoms with Gasteiger partial charge in [-0.1, -0.05) is 13.8 Å². The highest BCUT2D eigenvalue weighted by Crippen LogP contribution is 2.21. The fraction of sp³-hybridized carbons (Fsp3) is 0.538. The van der Waals surface area contributed by atoms with E-state index < -0.39 is 0 Å². The highest BCUT2D eigenvalue weighted by atomic mass is 19.1. The predicted octanol–water partition coefficient (Wildman–Crippen LogP) is 2.59. The topological polar surface area (TPSA) is 24.5 Å². The van der Waals surface area contributed by atoms with Gasteiger partial charge < -0.3 is 15.0 Å². The molecule has 0 aliphatic heterocycles. The molecule has 17 heavy (non-hydrogen) atoms. The van der Waals surface area contributed by atoms with Crippen molar-refractivity contribution < 1.29 is 9.13 Å². The van der Waals surface area contributed by atoms with Crippen molar-refractivity contribution in [2.45, 2.75) is 13.8 Å². The van der Waals surface area contributed by atoms with E-state index in [1.165, 1.54) is 13.2 Å². The molecule has 0 saturated heterocycles. The average molecular weight is 240 g/mol. The third kappa shape index (κ3) is 4.23. The van der Waals surface area contributed by atoms with E-state index in [0.717, 1.165) is 31.9 Å². The fourth-order valence-electron chi connectivity index (χ4n) is 1.67. The number of likely N-dealkylation sites (N-methyl/N-ethyl adjacent to an activating group) is 1. The number of hydrogen-bond donors (Lipinski definition) is 1. The summed E-state index contributed by atoms with van der Waals surface area (Å²) in [7, 11) is 1.47. The van der Waals surface area contributed by atoms with Crippen molar-refractivity contribution in [3.05, 3.63) is 24.0 Å². The molecular formula is C13H21FN2O. The molecule has 1 rings (SSSR count). The third-order valence-corrected chi connectivity index (χ3v) is 2.80. The second kappa shape index (κ2) is 7.12. The Bertz CT molecular complexity index is 340. The monoisotopic (exact) mass is 240 g/mol. The number of halogens is 1. The van der Waals surface area contributed by atoms with E-state index in [4.69, 9.17) is 4.74 Å². The molecule has 1 aromatic carbocycles. The predicted molar refractivity (Wildman–Crippen MR) is 69.2 cm³/mol. The minimum absolute atomic E-state index is 0.276. The zero-order chi connectivity index (χ0) is 12.7. The molecule has 0 spiro atoms. The molecule has 1 aromatic rings. The van der Waals surface area contributed by atoms with Gasteiger partial charge in [0.15, 0.2) is 11.6 Å². The minimum Gasteiger partial charge on any atom is -0.494 e. The number of benzene rings is 1. The van der Waals surface area contributed by atoms with Gasteiger partial charge in [0.05, 0.1) is 7.11 Å². The second-order valence-electron chi connectivity index (χ2n) is 3.80. The van der Waals surface area contributed by atoms with Crippen LogP contribution in [0.4, 0.5) is 10.1 Å². The molecule has 0 radical (unpaired) electrons. The molecule has 3 nitrogen and oxygen atoms in total. The Kier molecular flexibility index (Phi) is 5.77. The summed E-state index contributed by atoms with van der Waals surface area (Å²) in [5, 5.41) is 3.26. The molecule has 0 amide bonds. The lowest BCUT2D eigenvalue weighted by molar-refractivity contribution is 0.316. The minimum atomic E-state index is -0.332. The van der Waals surface area contributed by atoms with Crippen molar-refractivity contribution in [3.8, 4) is 5.75 Å². The summed E-state index contributed by atoms with van der Waals surface area (Å²) < 4.78 is 18.1. The number of anilines is 1. The first-order valence-electron chi connectivity index (χ1n) is 6.01. The highest BCUT2D eigenvalue weighted by molar-refractivity contribution is 5.48. The van der Waals surface area contributed by atoms with Crippen LogP contribution in [0.1, 0.15) is 13.8 Å². The van der Waals surface area contributed by atoms with Gasteiger partial charge in [0.2, 0.25) is 0 Å². The maximum absolute atomic E-state index is 13.2. The molecule has 0 unspecified atom stereocenters. The number of rotatable bonds is 7. The largest absolute Gasteiger partial charge is 0.494 e. The first-order valence-corrected chi connectivity index (χ1v) is 6.01. The lowest BCUT2D eigenvalue weighted by atomic mass is 10.3. The Morgan fingerprint density at radius 1 is 1.29 bits per heavy atom. The van der Waals surface area contributed by atoms with Gasteiger partial charge in [-0.25, -0.2) is 4.39 Å². The quantitative estimate of drug-likeness (QED) is 0.793. The van der Waals surface area contributed by atoms with Gasteiger partial charge in [0.1, 0.15) is 0 Å². The van der Waals surface area contributed by atoms with E-state index in [1.54, 1.807) is 12.1 Å². The van der Waals surface area contributed by atoms with Crippen LogP contribution in [0.3, 0.4) is 0 Å². The van der Waals surface area contributed by atoms with Crippen LogP contribution in [0, 0.1) is 5.82 Å². The Hall–Kier alpha value is -1.29. The number of hydrogen-bond acceptors (Lipinski definition) is 3. The van der Waals surface area contributed by atoms with Crippen LogP contribution in [-0.4, -0.2) is 38.2 Å². The number of nitrogens with one attached hydrogen (secondary N) is 1. The average Bonchev–Trinajstić information content (AvgIpc) is 2.36. The lowest BCUT2D eigenvalue weighted by Crippen LogP contribution is -2.28. The van der Waals surface area contributed by atoms with E-state index >= 15 is 0 Å². The Balaban J connectivity index is 2.46. The van der Waals surface area contributed by atoms with Crippen LogP contribution in [-0.2, 0) is 0 Å². The Labute approximate surface area is 103 Å².